The van der Waals surface area contributed by atoms with Crippen molar-refractivity contribution in [2.45, 2.75) is 24.3 Å². The number of hydrogen-bond donors (Lipinski definition) is 1. The molecule has 0 spiro atoms. The van der Waals surface area contributed by atoms with Gasteiger partial charge in [0, 0.05) is 5.92 Å². The average Bonchev–Trinajstić information content (AvgIpc) is 3.02. The number of imide groups is 1. The molecular formula is C23H18F3N3O3S. The molecule has 2 aromatic carbocycles. The molecule has 2 aliphatic rings. The molecule has 0 bridgehead atoms. The number of nitriles is 1. The zero-order valence-corrected chi connectivity index (χ0v) is 18.1. The zero-order valence-electron chi connectivity index (χ0n) is 17.3. The SMILES string of the molecule is CCOc1ccc([C@H]2C(C#N)=C(N)S[C@@H]3C(=O)N(c4cccc(C(F)(F)F)c4)C(=O)[C@@H]32)cc1. The summed E-state index contributed by atoms with van der Waals surface area (Å²) < 4.78 is 45.0. The number of rotatable bonds is 4. The second kappa shape index (κ2) is 8.48. The van der Waals surface area contributed by atoms with Gasteiger partial charge in [-0.3, -0.25) is 9.59 Å². The molecule has 2 aliphatic heterocycles. The maximum Gasteiger partial charge on any atom is 0.416 e. The minimum Gasteiger partial charge on any atom is -0.494 e. The van der Waals surface area contributed by atoms with Crippen LogP contribution >= 0.6 is 11.8 Å². The lowest BCUT2D eigenvalue weighted by Crippen LogP contribution is -2.33. The second-order valence-electron chi connectivity index (χ2n) is 7.49. The van der Waals surface area contributed by atoms with Crippen molar-refractivity contribution in [3.8, 4) is 11.8 Å². The largest absolute Gasteiger partial charge is 0.494 e. The molecule has 4 rings (SSSR count). The first kappa shape index (κ1) is 22.7. The summed E-state index contributed by atoms with van der Waals surface area (Å²) in [6, 6.07) is 12.9. The topological polar surface area (TPSA) is 96.4 Å². The first-order valence-electron chi connectivity index (χ1n) is 10.0. The normalized spacial score (nSPS) is 22.9. The van der Waals surface area contributed by atoms with Crippen molar-refractivity contribution in [2.75, 3.05) is 11.5 Å². The van der Waals surface area contributed by atoms with Crippen LogP contribution in [0.5, 0.6) is 5.75 Å². The molecule has 170 valence electrons. The molecule has 33 heavy (non-hydrogen) atoms. The highest BCUT2D eigenvalue weighted by Crippen LogP contribution is 2.51. The van der Waals surface area contributed by atoms with E-state index < -0.39 is 40.6 Å². The van der Waals surface area contributed by atoms with Gasteiger partial charge in [0.15, 0.2) is 0 Å². The Bertz CT molecular complexity index is 1190. The van der Waals surface area contributed by atoms with Gasteiger partial charge in [0.25, 0.3) is 0 Å². The number of halogens is 3. The number of ether oxygens (including phenoxy) is 1. The number of alkyl halides is 3. The van der Waals surface area contributed by atoms with Crippen LogP contribution < -0.4 is 15.4 Å². The van der Waals surface area contributed by atoms with Crippen LogP contribution in [0.3, 0.4) is 0 Å². The van der Waals surface area contributed by atoms with Crippen LogP contribution in [0.2, 0.25) is 0 Å². The van der Waals surface area contributed by atoms with E-state index in [0.717, 1.165) is 34.9 Å². The molecule has 2 aromatic rings. The van der Waals surface area contributed by atoms with E-state index in [4.69, 9.17) is 10.5 Å². The smallest absolute Gasteiger partial charge is 0.416 e. The molecule has 0 aliphatic carbocycles. The van der Waals surface area contributed by atoms with Crippen molar-refractivity contribution in [1.29, 1.82) is 5.26 Å². The van der Waals surface area contributed by atoms with Gasteiger partial charge in [-0.05, 0) is 42.8 Å². The molecule has 2 heterocycles. The van der Waals surface area contributed by atoms with Crippen LogP contribution in [0.25, 0.3) is 0 Å². The molecule has 0 radical (unpaired) electrons. The zero-order chi connectivity index (χ0) is 23.9. The quantitative estimate of drug-likeness (QED) is 0.669. The summed E-state index contributed by atoms with van der Waals surface area (Å²) in [5.74, 6) is -2.54. The number of thioether (sulfide) groups is 1. The van der Waals surface area contributed by atoms with Crippen LogP contribution in [0.1, 0.15) is 24.0 Å². The van der Waals surface area contributed by atoms with Crippen molar-refractivity contribution >= 4 is 29.3 Å². The van der Waals surface area contributed by atoms with E-state index in [2.05, 4.69) is 0 Å². The van der Waals surface area contributed by atoms with Gasteiger partial charge in [-0.2, -0.15) is 18.4 Å². The Morgan fingerprint density at radius 1 is 1.15 bits per heavy atom. The third-order valence-electron chi connectivity index (χ3n) is 5.59. The van der Waals surface area contributed by atoms with Crippen molar-refractivity contribution < 1.29 is 27.5 Å². The summed E-state index contributed by atoms with van der Waals surface area (Å²) in [6.45, 7) is 2.29. The number of benzene rings is 2. The molecule has 1 fully saturated rings. The standard InChI is InChI=1S/C23H18F3N3O3S/c1-2-32-15-8-6-12(7-9-15)17-16(11-27)20(28)33-19-18(17)21(30)29(22(19)31)14-5-3-4-13(10-14)23(24,25)26/h3-10,17-19H,2,28H2,1H3/t17-,18+,19-/m0/s1. The molecular weight excluding hydrogens is 455 g/mol. The number of allylic oxidation sites excluding steroid dienone is 1. The first-order valence-corrected chi connectivity index (χ1v) is 10.9. The number of nitrogens with zero attached hydrogens (tertiary/aromatic N) is 2. The Morgan fingerprint density at radius 2 is 1.85 bits per heavy atom. The van der Waals surface area contributed by atoms with Gasteiger partial charge in [-0.1, -0.05) is 30.0 Å². The van der Waals surface area contributed by atoms with E-state index in [-0.39, 0.29) is 16.3 Å². The van der Waals surface area contributed by atoms with Gasteiger partial charge in [0.2, 0.25) is 11.8 Å². The van der Waals surface area contributed by atoms with Gasteiger partial charge >= 0.3 is 6.18 Å². The van der Waals surface area contributed by atoms with Gasteiger partial charge < -0.3 is 10.5 Å². The molecule has 6 nitrogen and oxygen atoms in total. The van der Waals surface area contributed by atoms with Gasteiger partial charge in [-0.15, -0.1) is 0 Å². The van der Waals surface area contributed by atoms with Crippen molar-refractivity contribution in [3.63, 3.8) is 0 Å². The molecule has 10 heteroatoms. The van der Waals surface area contributed by atoms with Crippen molar-refractivity contribution in [3.05, 3.63) is 70.3 Å². The summed E-state index contributed by atoms with van der Waals surface area (Å²) in [5.41, 5.74) is 5.68. The van der Waals surface area contributed by atoms with Crippen LogP contribution in [0, 0.1) is 17.2 Å². The summed E-state index contributed by atoms with van der Waals surface area (Å²) >= 11 is 0.895. The first-order chi connectivity index (χ1) is 15.7. The van der Waals surface area contributed by atoms with Gasteiger partial charge in [0.1, 0.15) is 11.0 Å². The number of fused-ring (bicyclic) bond motifs is 1. The summed E-state index contributed by atoms with van der Waals surface area (Å²) in [7, 11) is 0. The third kappa shape index (κ3) is 3.93. The fraction of sp³-hybridized carbons (Fsp3) is 0.261. The second-order valence-corrected chi connectivity index (χ2v) is 8.68. The fourth-order valence-electron chi connectivity index (χ4n) is 4.15. The lowest BCUT2D eigenvalue weighted by molar-refractivity contribution is -0.137. The van der Waals surface area contributed by atoms with Gasteiger partial charge in [0.05, 0.1) is 40.4 Å². The summed E-state index contributed by atoms with van der Waals surface area (Å²) in [5, 5.41) is 8.91. The Balaban J connectivity index is 1.77. The number of amides is 2. The number of hydrogen-bond acceptors (Lipinski definition) is 6. The highest BCUT2D eigenvalue weighted by molar-refractivity contribution is 8.04. The maximum absolute atomic E-state index is 13.4. The number of anilines is 1. The number of carbonyl (C=O) groups excluding carboxylic acids is 2. The van der Waals surface area contributed by atoms with E-state index in [1.807, 2.05) is 13.0 Å². The van der Waals surface area contributed by atoms with Crippen molar-refractivity contribution in [1.82, 2.24) is 0 Å². The molecule has 0 saturated carbocycles. The molecule has 2 N–H and O–H groups in total. The van der Waals surface area contributed by atoms with Crippen LogP contribution in [-0.4, -0.2) is 23.7 Å². The molecule has 0 unspecified atom stereocenters. The summed E-state index contributed by atoms with van der Waals surface area (Å²) in [6.07, 6.45) is -4.63. The Hall–Kier alpha value is -3.45. The monoisotopic (exact) mass is 473 g/mol. The number of nitrogens with two attached hydrogens (primary N) is 1. The molecule has 0 aromatic heterocycles. The molecule has 2 amide bonds. The minimum atomic E-state index is -4.63. The minimum absolute atomic E-state index is 0.115. The maximum atomic E-state index is 13.4. The van der Waals surface area contributed by atoms with Crippen LogP contribution in [-0.2, 0) is 15.8 Å². The molecule has 3 atom stereocenters. The summed E-state index contributed by atoms with van der Waals surface area (Å²) in [4.78, 5) is 27.4. The van der Waals surface area contributed by atoms with E-state index in [1.54, 1.807) is 24.3 Å². The third-order valence-corrected chi connectivity index (χ3v) is 6.81. The van der Waals surface area contributed by atoms with Gasteiger partial charge in [-0.25, -0.2) is 4.90 Å². The number of carbonyl (C=O) groups is 2. The Kier molecular flexibility index (Phi) is 5.84. The predicted molar refractivity (Wildman–Crippen MR) is 116 cm³/mol. The average molecular weight is 473 g/mol. The van der Waals surface area contributed by atoms with E-state index in [9.17, 15) is 28.0 Å². The van der Waals surface area contributed by atoms with E-state index >= 15 is 0 Å². The van der Waals surface area contributed by atoms with E-state index in [0.29, 0.717) is 17.9 Å². The van der Waals surface area contributed by atoms with Crippen LogP contribution in [0.15, 0.2) is 59.1 Å². The lowest BCUT2D eigenvalue weighted by Gasteiger charge is -2.30. The fourth-order valence-corrected chi connectivity index (χ4v) is 5.35. The molecule has 1 saturated heterocycles. The van der Waals surface area contributed by atoms with Crippen molar-refractivity contribution in [2.24, 2.45) is 11.7 Å². The highest BCUT2D eigenvalue weighted by Gasteiger charge is 2.56. The van der Waals surface area contributed by atoms with E-state index in [1.165, 1.54) is 6.07 Å². The Morgan fingerprint density at radius 3 is 2.45 bits per heavy atom. The predicted octanol–water partition coefficient (Wildman–Crippen LogP) is 4.19. The van der Waals surface area contributed by atoms with Crippen LogP contribution in [0.4, 0.5) is 18.9 Å². The Labute approximate surface area is 191 Å². The lowest BCUT2D eigenvalue weighted by atomic mass is 9.79. The highest BCUT2D eigenvalue weighted by atomic mass is 32.2.